The molecular formula is C22H23N5O3S. The molecule has 31 heavy (non-hydrogen) atoms. The Hall–Kier alpha value is -3.20. The number of carbonyl (C=O) groups excluding carboxylic acids is 3. The molecule has 0 saturated carbocycles. The summed E-state index contributed by atoms with van der Waals surface area (Å²) in [7, 11) is 1.57. The lowest BCUT2D eigenvalue weighted by atomic mass is 9.70. The van der Waals surface area contributed by atoms with Crippen molar-refractivity contribution in [3.63, 3.8) is 0 Å². The highest BCUT2D eigenvalue weighted by molar-refractivity contribution is 7.15. The number of imide groups is 1. The number of rotatable bonds is 4. The molecule has 8 nitrogen and oxygen atoms in total. The second kappa shape index (κ2) is 7.49. The molecule has 3 aromatic rings. The van der Waals surface area contributed by atoms with Gasteiger partial charge in [0.25, 0.3) is 5.91 Å². The predicted molar refractivity (Wildman–Crippen MR) is 116 cm³/mol. The number of fused-ring (bicyclic) bond motifs is 1. The van der Waals surface area contributed by atoms with Gasteiger partial charge in [-0.25, -0.2) is 9.78 Å². The lowest BCUT2D eigenvalue weighted by molar-refractivity contribution is -0.137. The Morgan fingerprint density at radius 3 is 2.55 bits per heavy atom. The molecule has 0 N–H and O–H groups in total. The highest BCUT2D eigenvalue weighted by Gasteiger charge is 2.42. The number of carbonyl (C=O) groups is 3. The van der Waals surface area contributed by atoms with Crippen LogP contribution in [0.25, 0.3) is 4.96 Å². The number of likely N-dealkylation sites (N-methyl/N-ethyl adjacent to an activating group) is 1. The minimum Gasteiger partial charge on any atom is -0.341 e. The van der Waals surface area contributed by atoms with Crippen LogP contribution in [0.15, 0.2) is 48.1 Å². The first kappa shape index (κ1) is 19.7. The zero-order valence-electron chi connectivity index (χ0n) is 17.2. The van der Waals surface area contributed by atoms with E-state index in [1.165, 1.54) is 10.5 Å². The van der Waals surface area contributed by atoms with Crippen LogP contribution in [0, 0.1) is 0 Å². The van der Waals surface area contributed by atoms with Gasteiger partial charge in [-0.1, -0.05) is 30.3 Å². The monoisotopic (exact) mass is 437 g/mol. The molecule has 2 aliphatic heterocycles. The van der Waals surface area contributed by atoms with Gasteiger partial charge in [0.15, 0.2) is 4.96 Å². The summed E-state index contributed by atoms with van der Waals surface area (Å²) in [6.45, 7) is 0.928. The molecule has 160 valence electrons. The minimum atomic E-state index is -0.410. The van der Waals surface area contributed by atoms with E-state index in [1.54, 1.807) is 23.3 Å². The molecule has 0 unspecified atom stereocenters. The molecule has 0 atom stereocenters. The van der Waals surface area contributed by atoms with Crippen LogP contribution < -0.4 is 0 Å². The van der Waals surface area contributed by atoms with Crippen LogP contribution >= 0.6 is 11.3 Å². The van der Waals surface area contributed by atoms with Gasteiger partial charge in [-0.15, -0.1) is 11.3 Å². The van der Waals surface area contributed by atoms with Gasteiger partial charge in [0.2, 0.25) is 5.91 Å². The normalized spacial score (nSPS) is 18.9. The largest absolute Gasteiger partial charge is 0.341 e. The highest BCUT2D eigenvalue weighted by Crippen LogP contribution is 2.41. The minimum absolute atomic E-state index is 0.0285. The van der Waals surface area contributed by atoms with Crippen LogP contribution in [0.1, 0.15) is 24.1 Å². The van der Waals surface area contributed by atoms with Gasteiger partial charge in [0, 0.05) is 43.3 Å². The zero-order valence-corrected chi connectivity index (χ0v) is 18.0. The van der Waals surface area contributed by atoms with Gasteiger partial charge in [0.05, 0.1) is 5.69 Å². The average molecular weight is 438 g/mol. The summed E-state index contributed by atoms with van der Waals surface area (Å²) in [6.07, 6.45) is 5.56. The number of piperidine rings is 1. The van der Waals surface area contributed by atoms with Gasteiger partial charge in [0.1, 0.15) is 13.1 Å². The summed E-state index contributed by atoms with van der Waals surface area (Å²) >= 11 is 1.60. The van der Waals surface area contributed by atoms with E-state index in [-0.39, 0.29) is 30.3 Å². The number of likely N-dealkylation sites (tertiary alicyclic amines) is 1. The van der Waals surface area contributed by atoms with E-state index in [9.17, 15) is 14.4 Å². The number of hydrogen-bond acceptors (Lipinski definition) is 5. The number of amides is 4. The van der Waals surface area contributed by atoms with Crippen LogP contribution in [0.2, 0.25) is 0 Å². The van der Waals surface area contributed by atoms with Crippen molar-refractivity contribution in [2.75, 3.05) is 33.2 Å². The maximum atomic E-state index is 12.9. The fraction of sp³-hybridized carbons (Fsp3) is 0.364. The molecule has 0 bridgehead atoms. The fourth-order valence-electron chi connectivity index (χ4n) is 4.61. The number of hydrogen-bond donors (Lipinski definition) is 0. The molecule has 4 amide bonds. The lowest BCUT2D eigenvalue weighted by Gasteiger charge is -2.41. The van der Waals surface area contributed by atoms with Crippen LogP contribution in [-0.4, -0.2) is 75.2 Å². The molecule has 0 aliphatic carbocycles. The molecule has 1 aromatic carbocycles. The van der Waals surface area contributed by atoms with Gasteiger partial charge in [-0.3, -0.25) is 18.9 Å². The Labute approximate surface area is 183 Å². The molecule has 2 fully saturated rings. The average Bonchev–Trinajstić information content (AvgIpc) is 3.45. The first-order valence-electron chi connectivity index (χ1n) is 10.3. The van der Waals surface area contributed by atoms with Crippen LogP contribution in [0.5, 0.6) is 0 Å². The van der Waals surface area contributed by atoms with Crippen molar-refractivity contribution in [2.45, 2.75) is 18.3 Å². The van der Waals surface area contributed by atoms with Gasteiger partial charge < -0.3 is 9.80 Å². The molecular weight excluding hydrogens is 414 g/mol. The van der Waals surface area contributed by atoms with Crippen molar-refractivity contribution >= 4 is 34.1 Å². The van der Waals surface area contributed by atoms with E-state index >= 15 is 0 Å². The van der Waals surface area contributed by atoms with Crippen LogP contribution in [0.3, 0.4) is 0 Å². The molecule has 9 heteroatoms. The highest BCUT2D eigenvalue weighted by atomic mass is 32.1. The van der Waals surface area contributed by atoms with Crippen molar-refractivity contribution in [1.29, 1.82) is 0 Å². The van der Waals surface area contributed by atoms with Gasteiger partial charge >= 0.3 is 6.03 Å². The summed E-state index contributed by atoms with van der Waals surface area (Å²) in [5.41, 5.74) is 1.94. The molecule has 2 aromatic heterocycles. The quantitative estimate of drug-likeness (QED) is 0.587. The summed E-state index contributed by atoms with van der Waals surface area (Å²) in [4.78, 5) is 47.0. The molecule has 4 heterocycles. The third kappa shape index (κ3) is 3.29. The Morgan fingerprint density at radius 2 is 1.90 bits per heavy atom. The zero-order chi connectivity index (χ0) is 21.6. The second-order valence-electron chi connectivity index (χ2n) is 8.17. The summed E-state index contributed by atoms with van der Waals surface area (Å²) in [5.74, 6) is -0.515. The van der Waals surface area contributed by atoms with E-state index in [4.69, 9.17) is 4.98 Å². The number of urea groups is 1. The molecule has 2 aliphatic rings. The second-order valence-corrected chi connectivity index (χ2v) is 9.04. The topological polar surface area (TPSA) is 78.2 Å². The SMILES string of the molecule is CN1CC(=O)N(CC(=O)N2CCC(c3ccccc3)(c3cn4ccsc4n3)CC2)C1=O. The third-order valence-corrected chi connectivity index (χ3v) is 7.17. The number of benzene rings is 1. The van der Waals surface area contributed by atoms with E-state index in [0.717, 1.165) is 28.4 Å². The molecule has 0 spiro atoms. The Kier molecular flexibility index (Phi) is 4.77. The van der Waals surface area contributed by atoms with Crippen molar-refractivity contribution in [3.8, 4) is 0 Å². The Morgan fingerprint density at radius 1 is 1.16 bits per heavy atom. The molecule has 2 saturated heterocycles. The first-order chi connectivity index (χ1) is 15.0. The van der Waals surface area contributed by atoms with Crippen molar-refractivity contribution in [1.82, 2.24) is 24.1 Å². The molecule has 0 radical (unpaired) electrons. The Balaban J connectivity index is 1.37. The number of aromatic nitrogens is 2. The number of nitrogens with zero attached hydrogens (tertiary/aromatic N) is 5. The third-order valence-electron chi connectivity index (χ3n) is 6.40. The van der Waals surface area contributed by atoms with E-state index < -0.39 is 6.03 Å². The van der Waals surface area contributed by atoms with Crippen molar-refractivity contribution in [3.05, 3.63) is 59.4 Å². The summed E-state index contributed by atoms with van der Waals surface area (Å²) in [5, 5.41) is 2.01. The predicted octanol–water partition coefficient (Wildman–Crippen LogP) is 2.20. The van der Waals surface area contributed by atoms with E-state index in [2.05, 4.69) is 18.3 Å². The van der Waals surface area contributed by atoms with Crippen molar-refractivity contribution in [2.24, 2.45) is 0 Å². The van der Waals surface area contributed by atoms with E-state index in [1.807, 2.05) is 34.2 Å². The maximum Gasteiger partial charge on any atom is 0.327 e. The van der Waals surface area contributed by atoms with Gasteiger partial charge in [-0.2, -0.15) is 0 Å². The number of thiazole rings is 1. The summed E-state index contributed by atoms with van der Waals surface area (Å²) < 4.78 is 2.04. The van der Waals surface area contributed by atoms with Crippen LogP contribution in [-0.2, 0) is 15.0 Å². The van der Waals surface area contributed by atoms with E-state index in [0.29, 0.717) is 13.1 Å². The standard InChI is InChI=1S/C22H23N5O3S/c1-24-14-19(29)27(21(24)30)15-18(28)25-9-7-22(8-10-25,16-5-3-2-4-6-16)17-13-26-11-12-31-20(26)23-17/h2-6,11-13H,7-10,14-15H2,1H3. The number of imidazole rings is 1. The molecule has 5 rings (SSSR count). The smallest absolute Gasteiger partial charge is 0.327 e. The van der Waals surface area contributed by atoms with Gasteiger partial charge in [-0.05, 0) is 18.4 Å². The lowest BCUT2D eigenvalue weighted by Crippen LogP contribution is -2.49. The first-order valence-corrected chi connectivity index (χ1v) is 11.2. The maximum absolute atomic E-state index is 12.9. The fourth-order valence-corrected chi connectivity index (χ4v) is 5.31. The van der Waals surface area contributed by atoms with Crippen LogP contribution in [0.4, 0.5) is 4.79 Å². The summed E-state index contributed by atoms with van der Waals surface area (Å²) in [6, 6.07) is 9.92. The Bertz CT molecular complexity index is 1120. The van der Waals surface area contributed by atoms with Crippen molar-refractivity contribution < 1.29 is 14.4 Å².